The van der Waals surface area contributed by atoms with Crippen LogP contribution in [0, 0.1) is 5.82 Å². The average molecular weight is 509 g/mol. The number of amides is 1. The van der Waals surface area contributed by atoms with Crippen LogP contribution in [0.25, 0.3) is 16.8 Å². The number of anilines is 1. The maximum absolute atomic E-state index is 15.1. The lowest BCUT2D eigenvalue weighted by Gasteiger charge is -2.14. The van der Waals surface area contributed by atoms with Crippen LogP contribution >= 0.6 is 0 Å². The molecule has 0 unspecified atom stereocenters. The third-order valence-electron chi connectivity index (χ3n) is 5.79. The van der Waals surface area contributed by atoms with Crippen LogP contribution in [0.1, 0.15) is 12.6 Å². The van der Waals surface area contributed by atoms with Gasteiger partial charge < -0.3 is 15.2 Å². The van der Waals surface area contributed by atoms with Gasteiger partial charge in [0, 0.05) is 23.5 Å². The van der Waals surface area contributed by atoms with E-state index >= 15 is 4.39 Å². The Balaban J connectivity index is 1.23. The molecule has 2 aliphatic rings. The molecule has 1 aromatic carbocycles. The molecule has 37 heavy (non-hydrogen) atoms. The van der Waals surface area contributed by atoms with Gasteiger partial charge in [0.05, 0.1) is 36.4 Å². The molecular formula is C24H24FN7O5. The van der Waals surface area contributed by atoms with E-state index in [-0.39, 0.29) is 13.2 Å². The molecule has 0 spiro atoms. The Morgan fingerprint density at radius 1 is 1.35 bits per heavy atom. The largest absolute Gasteiger partial charge is 0.461 e. The van der Waals surface area contributed by atoms with Gasteiger partial charge in [0.15, 0.2) is 0 Å². The van der Waals surface area contributed by atoms with Crippen LogP contribution in [-0.4, -0.2) is 63.4 Å². The molecule has 1 saturated heterocycles. The fourth-order valence-corrected chi connectivity index (χ4v) is 3.89. The summed E-state index contributed by atoms with van der Waals surface area (Å²) in [6.07, 6.45) is 5.03. The van der Waals surface area contributed by atoms with Gasteiger partial charge >= 0.3 is 12.1 Å². The molecule has 2 aliphatic heterocycles. The molecule has 0 saturated carbocycles. The third-order valence-corrected chi connectivity index (χ3v) is 5.79. The SMILES string of the molecule is C[C@H](N)C(=O)OC[C@@H]1C=C(c2ccc(-c3ccc(N4C[C@H](Cn5ccnn5)OC4=O)cc3F)cn2)NO1. The number of benzene rings is 1. The predicted molar refractivity (Wildman–Crippen MR) is 128 cm³/mol. The monoisotopic (exact) mass is 509 g/mol. The van der Waals surface area contributed by atoms with Crippen molar-refractivity contribution >= 4 is 23.4 Å². The molecule has 192 valence electrons. The molecule has 5 rings (SSSR count). The minimum Gasteiger partial charge on any atom is -0.461 e. The quantitative estimate of drug-likeness (QED) is 0.430. The van der Waals surface area contributed by atoms with Gasteiger partial charge in [-0.05, 0) is 37.3 Å². The van der Waals surface area contributed by atoms with Gasteiger partial charge in [-0.3, -0.25) is 25.0 Å². The van der Waals surface area contributed by atoms with E-state index in [0.29, 0.717) is 34.8 Å². The minimum atomic E-state index is -0.715. The maximum atomic E-state index is 15.1. The number of cyclic esters (lactones) is 1. The Kier molecular flexibility index (Phi) is 6.79. The molecule has 3 aromatic rings. The molecule has 4 heterocycles. The zero-order valence-corrected chi connectivity index (χ0v) is 19.8. The molecular weight excluding hydrogens is 485 g/mol. The van der Waals surface area contributed by atoms with E-state index in [1.54, 1.807) is 47.4 Å². The van der Waals surface area contributed by atoms with Crippen LogP contribution in [0.4, 0.5) is 14.9 Å². The van der Waals surface area contributed by atoms with Crippen molar-refractivity contribution in [1.29, 1.82) is 0 Å². The summed E-state index contributed by atoms with van der Waals surface area (Å²) in [6, 6.07) is 7.28. The van der Waals surface area contributed by atoms with Crippen LogP contribution < -0.4 is 16.1 Å². The van der Waals surface area contributed by atoms with Crippen molar-refractivity contribution in [2.75, 3.05) is 18.1 Å². The Morgan fingerprint density at radius 2 is 2.22 bits per heavy atom. The van der Waals surface area contributed by atoms with Crippen molar-refractivity contribution in [2.24, 2.45) is 5.73 Å². The molecule has 0 radical (unpaired) electrons. The maximum Gasteiger partial charge on any atom is 0.414 e. The summed E-state index contributed by atoms with van der Waals surface area (Å²) in [4.78, 5) is 35.0. The molecule has 13 heteroatoms. The molecule has 3 atom stereocenters. The second-order valence-corrected chi connectivity index (χ2v) is 8.60. The molecule has 0 aliphatic carbocycles. The van der Waals surface area contributed by atoms with E-state index in [2.05, 4.69) is 20.8 Å². The number of hydroxylamine groups is 1. The number of ether oxygens (including phenoxy) is 2. The standard InChI is InChI=1S/C24H24FN7O5/c1-14(26)23(33)35-13-17-9-22(29-37-17)21-5-2-15(10-27-21)19-4-3-16(8-20(19)25)32-12-18(36-24(32)34)11-31-7-6-28-30-31/h2-10,14,17-18,29H,11-13,26H2,1H3/t14-,17-,18-/m0/s1. The first-order valence-electron chi connectivity index (χ1n) is 11.5. The highest BCUT2D eigenvalue weighted by molar-refractivity contribution is 5.90. The Labute approximate surface area is 210 Å². The number of pyridine rings is 1. The highest BCUT2D eigenvalue weighted by atomic mass is 19.1. The first-order chi connectivity index (χ1) is 17.9. The highest BCUT2D eigenvalue weighted by Crippen LogP contribution is 2.30. The zero-order chi connectivity index (χ0) is 25.9. The first-order valence-corrected chi connectivity index (χ1v) is 11.5. The van der Waals surface area contributed by atoms with Crippen LogP contribution in [0.15, 0.2) is 55.0 Å². The van der Waals surface area contributed by atoms with Gasteiger partial charge in [0.1, 0.15) is 30.7 Å². The van der Waals surface area contributed by atoms with Gasteiger partial charge in [-0.25, -0.2) is 13.9 Å². The molecule has 12 nitrogen and oxygen atoms in total. The number of rotatable bonds is 8. The first kappa shape index (κ1) is 24.3. The lowest BCUT2D eigenvalue weighted by atomic mass is 10.1. The van der Waals surface area contributed by atoms with Crippen molar-refractivity contribution in [3.05, 3.63) is 66.5 Å². The number of nitrogens with two attached hydrogens (primary N) is 1. The number of aromatic nitrogens is 4. The summed E-state index contributed by atoms with van der Waals surface area (Å²) in [5.41, 5.74) is 10.7. The Morgan fingerprint density at radius 3 is 2.92 bits per heavy atom. The second-order valence-electron chi connectivity index (χ2n) is 8.60. The third kappa shape index (κ3) is 5.42. The fraction of sp³-hybridized carbons (Fsp3) is 0.292. The lowest BCUT2D eigenvalue weighted by molar-refractivity contribution is -0.148. The van der Waals surface area contributed by atoms with Crippen molar-refractivity contribution in [3.8, 4) is 11.1 Å². The highest BCUT2D eigenvalue weighted by Gasteiger charge is 2.33. The van der Waals surface area contributed by atoms with Crippen LogP contribution in [0.2, 0.25) is 0 Å². The molecule has 2 aromatic heterocycles. The van der Waals surface area contributed by atoms with Crippen molar-refractivity contribution in [3.63, 3.8) is 0 Å². The number of hydrogen-bond acceptors (Lipinski definition) is 10. The topological polar surface area (TPSA) is 147 Å². The number of halogens is 1. The molecule has 1 fully saturated rings. The number of nitrogens with zero attached hydrogens (tertiary/aromatic N) is 5. The Bertz CT molecular complexity index is 1310. The number of carbonyl (C=O) groups excluding carboxylic acids is 2. The van der Waals surface area contributed by atoms with E-state index in [1.165, 1.54) is 24.1 Å². The Hall–Kier alpha value is -4.36. The fourth-order valence-electron chi connectivity index (χ4n) is 3.89. The van der Waals surface area contributed by atoms with E-state index in [1.807, 2.05) is 0 Å². The lowest BCUT2D eigenvalue weighted by Crippen LogP contribution is -2.31. The van der Waals surface area contributed by atoms with Crippen molar-refractivity contribution < 1.29 is 28.3 Å². The smallest absolute Gasteiger partial charge is 0.414 e. The summed E-state index contributed by atoms with van der Waals surface area (Å²) < 4.78 is 27.1. The van der Waals surface area contributed by atoms with Gasteiger partial charge in [-0.15, -0.1) is 5.10 Å². The summed E-state index contributed by atoms with van der Waals surface area (Å²) in [6.45, 7) is 2.18. The normalized spacial score (nSPS) is 19.8. The van der Waals surface area contributed by atoms with Gasteiger partial charge in [-0.2, -0.15) is 0 Å². The second kappa shape index (κ2) is 10.3. The van der Waals surface area contributed by atoms with Crippen molar-refractivity contribution in [1.82, 2.24) is 25.5 Å². The molecule has 0 bridgehead atoms. The van der Waals surface area contributed by atoms with Crippen LogP contribution in [0.3, 0.4) is 0 Å². The van der Waals surface area contributed by atoms with E-state index < -0.39 is 36.1 Å². The summed E-state index contributed by atoms with van der Waals surface area (Å²) in [7, 11) is 0. The number of hydrogen-bond donors (Lipinski definition) is 2. The summed E-state index contributed by atoms with van der Waals surface area (Å²) in [5, 5.41) is 7.60. The van der Waals surface area contributed by atoms with E-state index in [9.17, 15) is 9.59 Å². The van der Waals surface area contributed by atoms with Gasteiger partial charge in [0.25, 0.3) is 0 Å². The van der Waals surface area contributed by atoms with Gasteiger partial charge in [-0.1, -0.05) is 11.3 Å². The zero-order valence-electron chi connectivity index (χ0n) is 19.8. The number of nitrogens with one attached hydrogen (secondary N) is 1. The van der Waals surface area contributed by atoms with E-state index in [4.69, 9.17) is 20.0 Å². The van der Waals surface area contributed by atoms with Crippen LogP contribution in [-0.2, 0) is 25.7 Å². The minimum absolute atomic E-state index is 0.0122. The molecule has 1 amide bonds. The number of esters is 1. The van der Waals surface area contributed by atoms with E-state index in [0.717, 1.165) is 0 Å². The predicted octanol–water partition coefficient (Wildman–Crippen LogP) is 1.64. The number of carbonyl (C=O) groups is 2. The van der Waals surface area contributed by atoms with Crippen molar-refractivity contribution in [2.45, 2.75) is 31.7 Å². The average Bonchev–Trinajstić information content (AvgIpc) is 3.65. The van der Waals surface area contributed by atoms with Gasteiger partial charge in [0.2, 0.25) is 0 Å². The molecule has 3 N–H and O–H groups in total. The van der Waals surface area contributed by atoms with Crippen LogP contribution in [0.5, 0.6) is 0 Å². The summed E-state index contributed by atoms with van der Waals surface area (Å²) >= 11 is 0. The summed E-state index contributed by atoms with van der Waals surface area (Å²) in [5.74, 6) is -1.02.